The minimum Gasteiger partial charge on any atom is -0.321 e. The number of rotatable bonds is 3. The van der Waals surface area contributed by atoms with Crippen molar-refractivity contribution in [3.8, 4) is 0 Å². The molecule has 0 spiro atoms. The molecule has 0 radical (unpaired) electrons. The summed E-state index contributed by atoms with van der Waals surface area (Å²) in [6.07, 6.45) is 11.3. The van der Waals surface area contributed by atoms with E-state index in [1.54, 1.807) is 0 Å². The lowest BCUT2D eigenvalue weighted by Gasteiger charge is -2.38. The van der Waals surface area contributed by atoms with E-state index in [1.165, 1.54) is 42.0 Å². The molecule has 2 heteroatoms. The van der Waals surface area contributed by atoms with Crippen LogP contribution in [0, 0.1) is 5.92 Å². The van der Waals surface area contributed by atoms with Gasteiger partial charge in [-0.25, -0.2) is 0 Å². The zero-order valence-electron chi connectivity index (χ0n) is 12.3. The van der Waals surface area contributed by atoms with E-state index in [-0.39, 0.29) is 5.54 Å². The van der Waals surface area contributed by atoms with Crippen molar-refractivity contribution in [2.45, 2.75) is 51.0 Å². The molecule has 3 rings (SSSR count). The first-order chi connectivity index (χ1) is 9.73. The number of fused-ring (bicyclic) bond motifs is 1. The molecule has 0 aliphatic heterocycles. The molecule has 106 valence electrons. The Morgan fingerprint density at radius 1 is 1.20 bits per heavy atom. The first kappa shape index (κ1) is 13.6. The van der Waals surface area contributed by atoms with Crippen LogP contribution < -0.4 is 5.73 Å². The highest BCUT2D eigenvalue weighted by Gasteiger charge is 2.34. The van der Waals surface area contributed by atoms with Crippen molar-refractivity contribution >= 4 is 10.8 Å². The van der Waals surface area contributed by atoms with Gasteiger partial charge in [0.2, 0.25) is 0 Å². The Labute approximate surface area is 121 Å². The minimum absolute atomic E-state index is 0.182. The Bertz CT molecular complexity index is 577. The number of hydrogen-bond acceptors (Lipinski definition) is 2. The predicted octanol–water partition coefficient (Wildman–Crippen LogP) is 4.38. The van der Waals surface area contributed by atoms with Crippen LogP contribution in [0.25, 0.3) is 10.8 Å². The van der Waals surface area contributed by atoms with Crippen molar-refractivity contribution in [3.63, 3.8) is 0 Å². The van der Waals surface area contributed by atoms with Crippen LogP contribution in [0.1, 0.15) is 51.0 Å². The summed E-state index contributed by atoms with van der Waals surface area (Å²) in [5.41, 5.74) is 7.82. The summed E-state index contributed by atoms with van der Waals surface area (Å²) in [6.45, 7) is 2.28. The van der Waals surface area contributed by atoms with Crippen LogP contribution in [0.2, 0.25) is 0 Å². The monoisotopic (exact) mass is 268 g/mol. The van der Waals surface area contributed by atoms with Crippen molar-refractivity contribution < 1.29 is 0 Å². The SMILES string of the molecule is CCCC1CCC(N)(c2cncc3ccccc23)CC1. The molecule has 1 aromatic carbocycles. The highest BCUT2D eigenvalue weighted by Crippen LogP contribution is 2.41. The highest BCUT2D eigenvalue weighted by atomic mass is 14.8. The maximum absolute atomic E-state index is 6.76. The van der Waals surface area contributed by atoms with Crippen molar-refractivity contribution in [1.29, 1.82) is 0 Å². The molecule has 1 aromatic heterocycles. The van der Waals surface area contributed by atoms with Gasteiger partial charge in [0.05, 0.1) is 0 Å². The standard InChI is InChI=1S/C18H24N2/c1-2-5-14-8-10-18(19,11-9-14)17-13-20-12-15-6-3-4-7-16(15)17/h3-4,6-7,12-14H,2,5,8-11,19H2,1H3. The second-order valence-electron chi connectivity index (χ2n) is 6.30. The van der Waals surface area contributed by atoms with Gasteiger partial charge in [-0.3, -0.25) is 4.98 Å². The Hall–Kier alpha value is -1.41. The number of pyridine rings is 1. The average molecular weight is 268 g/mol. The van der Waals surface area contributed by atoms with Crippen LogP contribution in [0.5, 0.6) is 0 Å². The van der Waals surface area contributed by atoms with Crippen LogP contribution in [0.15, 0.2) is 36.7 Å². The molecule has 20 heavy (non-hydrogen) atoms. The van der Waals surface area contributed by atoms with Crippen molar-refractivity contribution in [1.82, 2.24) is 4.98 Å². The fraction of sp³-hybridized carbons (Fsp3) is 0.500. The predicted molar refractivity (Wildman–Crippen MR) is 84.5 cm³/mol. The van der Waals surface area contributed by atoms with Crippen LogP contribution in [-0.2, 0) is 5.54 Å². The van der Waals surface area contributed by atoms with Crippen LogP contribution in [0.4, 0.5) is 0 Å². The number of nitrogens with two attached hydrogens (primary N) is 1. The van der Waals surface area contributed by atoms with Gasteiger partial charge >= 0.3 is 0 Å². The number of nitrogens with zero attached hydrogens (tertiary/aromatic N) is 1. The maximum Gasteiger partial charge on any atom is 0.0431 e. The lowest BCUT2D eigenvalue weighted by Crippen LogP contribution is -2.40. The molecular formula is C18H24N2. The summed E-state index contributed by atoms with van der Waals surface area (Å²) in [6, 6.07) is 8.46. The van der Waals surface area contributed by atoms with Gasteiger partial charge in [0.1, 0.15) is 0 Å². The molecule has 1 saturated carbocycles. The molecule has 1 fully saturated rings. The van der Waals surface area contributed by atoms with Gasteiger partial charge in [0, 0.05) is 23.3 Å². The van der Waals surface area contributed by atoms with Gasteiger partial charge < -0.3 is 5.73 Å². The first-order valence-electron chi connectivity index (χ1n) is 7.85. The zero-order valence-corrected chi connectivity index (χ0v) is 12.3. The van der Waals surface area contributed by atoms with Crippen LogP contribution in [-0.4, -0.2) is 4.98 Å². The lowest BCUT2D eigenvalue weighted by atomic mass is 9.72. The number of benzene rings is 1. The van der Waals surface area contributed by atoms with Gasteiger partial charge in [-0.2, -0.15) is 0 Å². The first-order valence-corrected chi connectivity index (χ1v) is 7.85. The normalized spacial score (nSPS) is 26.8. The molecular weight excluding hydrogens is 244 g/mol. The van der Waals surface area contributed by atoms with E-state index >= 15 is 0 Å². The van der Waals surface area contributed by atoms with Crippen LogP contribution >= 0.6 is 0 Å². The van der Waals surface area contributed by atoms with E-state index in [9.17, 15) is 0 Å². The fourth-order valence-corrected chi connectivity index (χ4v) is 3.67. The molecule has 2 nitrogen and oxygen atoms in total. The van der Waals surface area contributed by atoms with Gasteiger partial charge in [-0.05, 0) is 42.6 Å². The van der Waals surface area contributed by atoms with Crippen LogP contribution in [0.3, 0.4) is 0 Å². The Kier molecular flexibility index (Phi) is 3.75. The van der Waals surface area contributed by atoms with Crippen molar-refractivity contribution in [2.24, 2.45) is 11.7 Å². The Balaban J connectivity index is 1.91. The zero-order chi connectivity index (χ0) is 14.0. The molecule has 0 unspecified atom stereocenters. The van der Waals surface area contributed by atoms with E-state index in [4.69, 9.17) is 5.73 Å². The van der Waals surface area contributed by atoms with E-state index in [1.807, 2.05) is 12.4 Å². The smallest absolute Gasteiger partial charge is 0.0431 e. The summed E-state index contributed by atoms with van der Waals surface area (Å²) >= 11 is 0. The van der Waals surface area contributed by atoms with Gasteiger partial charge in [-0.15, -0.1) is 0 Å². The second kappa shape index (κ2) is 5.53. The van der Waals surface area contributed by atoms with E-state index in [0.29, 0.717) is 0 Å². The summed E-state index contributed by atoms with van der Waals surface area (Å²) in [7, 11) is 0. The molecule has 0 saturated heterocycles. The summed E-state index contributed by atoms with van der Waals surface area (Å²) in [5, 5.41) is 2.48. The maximum atomic E-state index is 6.76. The number of hydrogen-bond donors (Lipinski definition) is 1. The molecule has 0 amide bonds. The van der Waals surface area contributed by atoms with Gasteiger partial charge in [0.25, 0.3) is 0 Å². The third kappa shape index (κ3) is 2.45. The third-order valence-electron chi connectivity index (χ3n) is 4.90. The molecule has 1 heterocycles. The average Bonchev–Trinajstić information content (AvgIpc) is 2.49. The van der Waals surface area contributed by atoms with Gasteiger partial charge in [0.15, 0.2) is 0 Å². The molecule has 1 aliphatic rings. The second-order valence-corrected chi connectivity index (χ2v) is 6.30. The van der Waals surface area contributed by atoms with Crippen molar-refractivity contribution in [2.75, 3.05) is 0 Å². The third-order valence-corrected chi connectivity index (χ3v) is 4.90. The molecule has 1 aliphatic carbocycles. The molecule has 0 bridgehead atoms. The van der Waals surface area contributed by atoms with Crippen molar-refractivity contribution in [3.05, 3.63) is 42.2 Å². The summed E-state index contributed by atoms with van der Waals surface area (Å²) in [4.78, 5) is 4.41. The Morgan fingerprint density at radius 3 is 2.70 bits per heavy atom. The molecule has 0 atom stereocenters. The Morgan fingerprint density at radius 2 is 1.95 bits per heavy atom. The highest BCUT2D eigenvalue weighted by molar-refractivity contribution is 5.85. The topological polar surface area (TPSA) is 38.9 Å². The summed E-state index contributed by atoms with van der Waals surface area (Å²) < 4.78 is 0. The fourth-order valence-electron chi connectivity index (χ4n) is 3.67. The van der Waals surface area contributed by atoms with E-state index in [2.05, 4.69) is 36.2 Å². The van der Waals surface area contributed by atoms with Gasteiger partial charge in [-0.1, -0.05) is 44.0 Å². The lowest BCUT2D eigenvalue weighted by molar-refractivity contribution is 0.227. The number of aromatic nitrogens is 1. The quantitative estimate of drug-likeness (QED) is 0.897. The molecule has 2 N–H and O–H groups in total. The van der Waals surface area contributed by atoms with E-state index < -0.39 is 0 Å². The largest absolute Gasteiger partial charge is 0.321 e. The minimum atomic E-state index is -0.182. The molecule has 2 aromatic rings. The summed E-state index contributed by atoms with van der Waals surface area (Å²) in [5.74, 6) is 0.875. The van der Waals surface area contributed by atoms with E-state index in [0.717, 1.165) is 18.8 Å².